The summed E-state index contributed by atoms with van der Waals surface area (Å²) in [5.74, 6) is 0.562. The molecule has 13 heavy (non-hydrogen) atoms. The average molecular weight is 185 g/mol. The van der Waals surface area contributed by atoms with Crippen LogP contribution in [0.3, 0.4) is 0 Å². The summed E-state index contributed by atoms with van der Waals surface area (Å²) in [5.41, 5.74) is 5.25. The highest BCUT2D eigenvalue weighted by Crippen LogP contribution is 2.50. The first-order chi connectivity index (χ1) is 6.00. The molecule has 2 nitrogen and oxygen atoms in total. The summed E-state index contributed by atoms with van der Waals surface area (Å²) < 4.78 is 0. The van der Waals surface area contributed by atoms with Crippen molar-refractivity contribution in [3.05, 3.63) is 0 Å². The van der Waals surface area contributed by atoms with Crippen molar-refractivity contribution >= 4 is 0 Å². The first kappa shape index (κ1) is 11.0. The molecule has 1 fully saturated rings. The Bertz CT molecular complexity index is 179. The summed E-state index contributed by atoms with van der Waals surface area (Å²) in [4.78, 5) is 0. The highest BCUT2D eigenvalue weighted by molar-refractivity contribution is 5.02. The van der Waals surface area contributed by atoms with Crippen LogP contribution in [0.2, 0.25) is 0 Å². The van der Waals surface area contributed by atoms with Crippen LogP contribution in [0.25, 0.3) is 0 Å². The molecule has 0 spiro atoms. The fourth-order valence-electron chi connectivity index (χ4n) is 2.92. The van der Waals surface area contributed by atoms with E-state index in [0.717, 1.165) is 12.8 Å². The normalized spacial score (nSPS) is 39.0. The molecule has 1 aliphatic carbocycles. The Morgan fingerprint density at radius 2 is 2.23 bits per heavy atom. The zero-order valence-corrected chi connectivity index (χ0v) is 9.14. The molecule has 3 atom stereocenters. The van der Waals surface area contributed by atoms with Gasteiger partial charge in [-0.2, -0.15) is 0 Å². The minimum Gasteiger partial charge on any atom is -0.390 e. The van der Waals surface area contributed by atoms with Crippen LogP contribution in [0.4, 0.5) is 0 Å². The van der Waals surface area contributed by atoms with Gasteiger partial charge in [0.15, 0.2) is 0 Å². The first-order valence-corrected chi connectivity index (χ1v) is 5.42. The van der Waals surface area contributed by atoms with Crippen LogP contribution in [-0.4, -0.2) is 17.3 Å². The molecule has 0 aromatic heterocycles. The quantitative estimate of drug-likeness (QED) is 0.705. The van der Waals surface area contributed by atoms with Crippen LogP contribution >= 0.6 is 0 Å². The van der Waals surface area contributed by atoms with E-state index in [1.807, 2.05) is 13.8 Å². The van der Waals surface area contributed by atoms with Crippen molar-refractivity contribution in [3.8, 4) is 0 Å². The molecule has 2 heteroatoms. The van der Waals surface area contributed by atoms with Crippen molar-refractivity contribution in [3.63, 3.8) is 0 Å². The van der Waals surface area contributed by atoms with Gasteiger partial charge < -0.3 is 10.8 Å². The summed E-state index contributed by atoms with van der Waals surface area (Å²) in [6.07, 6.45) is 4.32. The number of hydrogen-bond donors (Lipinski definition) is 2. The van der Waals surface area contributed by atoms with Crippen molar-refractivity contribution in [1.29, 1.82) is 0 Å². The Kier molecular flexibility index (Phi) is 3.03. The summed E-state index contributed by atoms with van der Waals surface area (Å²) in [5, 5.41) is 10.4. The van der Waals surface area contributed by atoms with E-state index >= 15 is 0 Å². The molecule has 78 valence electrons. The molecule has 0 heterocycles. The molecule has 3 unspecified atom stereocenters. The Hall–Kier alpha value is -0.0800. The first-order valence-electron chi connectivity index (χ1n) is 5.42. The van der Waals surface area contributed by atoms with Gasteiger partial charge in [-0.05, 0) is 25.7 Å². The molecule has 1 rings (SSSR count). The van der Waals surface area contributed by atoms with Gasteiger partial charge in [0.05, 0.1) is 5.60 Å². The van der Waals surface area contributed by atoms with E-state index in [0.29, 0.717) is 12.5 Å². The van der Waals surface area contributed by atoms with Gasteiger partial charge in [-0.1, -0.05) is 26.7 Å². The van der Waals surface area contributed by atoms with E-state index < -0.39 is 5.60 Å². The van der Waals surface area contributed by atoms with Crippen molar-refractivity contribution < 1.29 is 5.11 Å². The number of hydrogen-bond acceptors (Lipinski definition) is 2. The zero-order valence-electron chi connectivity index (χ0n) is 9.14. The summed E-state index contributed by atoms with van der Waals surface area (Å²) in [6, 6.07) is 0. The summed E-state index contributed by atoms with van der Waals surface area (Å²) in [6.45, 7) is 6.84. The molecule has 1 saturated carbocycles. The second kappa shape index (κ2) is 3.58. The van der Waals surface area contributed by atoms with Crippen molar-refractivity contribution in [2.75, 3.05) is 6.54 Å². The molecule has 0 aromatic rings. The maximum Gasteiger partial charge on any atom is 0.0687 e. The molecule has 0 radical (unpaired) electrons. The standard InChI is InChI=1S/C11H23NO/c1-4-10(3,13)11(8-12)7-5-6-9(11)2/h9,13H,4-8,12H2,1-3H3. The minimum atomic E-state index is -0.586. The van der Waals surface area contributed by atoms with Gasteiger partial charge in [-0.25, -0.2) is 0 Å². The number of aliphatic hydroxyl groups is 1. The lowest BCUT2D eigenvalue weighted by molar-refractivity contribution is -0.0865. The van der Waals surface area contributed by atoms with Gasteiger partial charge >= 0.3 is 0 Å². The fourth-order valence-corrected chi connectivity index (χ4v) is 2.92. The van der Waals surface area contributed by atoms with E-state index in [9.17, 15) is 5.11 Å². The third-order valence-corrected chi connectivity index (χ3v) is 4.33. The van der Waals surface area contributed by atoms with Crippen molar-refractivity contribution in [2.24, 2.45) is 17.1 Å². The van der Waals surface area contributed by atoms with Crippen molar-refractivity contribution in [1.82, 2.24) is 0 Å². The molecule has 1 aliphatic rings. The second-order valence-electron chi connectivity index (χ2n) is 4.78. The monoisotopic (exact) mass is 185 g/mol. The Balaban J connectivity index is 2.92. The van der Waals surface area contributed by atoms with Gasteiger partial charge in [0.25, 0.3) is 0 Å². The van der Waals surface area contributed by atoms with E-state index in [-0.39, 0.29) is 5.41 Å². The lowest BCUT2D eigenvalue weighted by Gasteiger charge is -2.45. The van der Waals surface area contributed by atoms with Crippen LogP contribution < -0.4 is 5.73 Å². The fraction of sp³-hybridized carbons (Fsp3) is 1.00. The van der Waals surface area contributed by atoms with Gasteiger partial charge in [0, 0.05) is 12.0 Å². The summed E-state index contributed by atoms with van der Waals surface area (Å²) in [7, 11) is 0. The highest BCUT2D eigenvalue weighted by atomic mass is 16.3. The third kappa shape index (κ3) is 1.50. The largest absolute Gasteiger partial charge is 0.390 e. The zero-order chi connectivity index (χ0) is 10.1. The molecule has 0 amide bonds. The Labute approximate surface area is 81.5 Å². The van der Waals surface area contributed by atoms with Crippen LogP contribution in [0.5, 0.6) is 0 Å². The Morgan fingerprint density at radius 3 is 2.54 bits per heavy atom. The minimum absolute atomic E-state index is 0.0260. The predicted octanol–water partition coefficient (Wildman–Crippen LogP) is 1.91. The highest BCUT2D eigenvalue weighted by Gasteiger charge is 2.50. The lowest BCUT2D eigenvalue weighted by atomic mass is 9.65. The topological polar surface area (TPSA) is 46.2 Å². The van der Waals surface area contributed by atoms with Gasteiger partial charge in [0.2, 0.25) is 0 Å². The molecule has 0 saturated heterocycles. The van der Waals surface area contributed by atoms with Gasteiger partial charge in [-0.3, -0.25) is 0 Å². The second-order valence-corrected chi connectivity index (χ2v) is 4.78. The third-order valence-electron chi connectivity index (χ3n) is 4.33. The van der Waals surface area contributed by atoms with Crippen LogP contribution in [0, 0.1) is 11.3 Å². The number of rotatable bonds is 3. The van der Waals surface area contributed by atoms with E-state index in [2.05, 4.69) is 6.92 Å². The van der Waals surface area contributed by atoms with E-state index in [4.69, 9.17) is 5.73 Å². The smallest absolute Gasteiger partial charge is 0.0687 e. The van der Waals surface area contributed by atoms with Crippen LogP contribution in [-0.2, 0) is 0 Å². The van der Waals surface area contributed by atoms with E-state index in [1.54, 1.807) is 0 Å². The molecule has 0 aromatic carbocycles. The summed E-state index contributed by atoms with van der Waals surface area (Å²) >= 11 is 0. The molecule has 3 N–H and O–H groups in total. The number of nitrogens with two attached hydrogens (primary N) is 1. The van der Waals surface area contributed by atoms with Crippen LogP contribution in [0.15, 0.2) is 0 Å². The Morgan fingerprint density at radius 1 is 1.62 bits per heavy atom. The lowest BCUT2D eigenvalue weighted by Crippen LogP contribution is -2.52. The maximum absolute atomic E-state index is 10.4. The van der Waals surface area contributed by atoms with Gasteiger partial charge in [0.1, 0.15) is 0 Å². The van der Waals surface area contributed by atoms with Crippen LogP contribution in [0.1, 0.15) is 46.5 Å². The maximum atomic E-state index is 10.4. The predicted molar refractivity (Wildman–Crippen MR) is 55.4 cm³/mol. The van der Waals surface area contributed by atoms with Gasteiger partial charge in [-0.15, -0.1) is 0 Å². The van der Waals surface area contributed by atoms with Crippen molar-refractivity contribution in [2.45, 2.75) is 52.1 Å². The average Bonchev–Trinajstić information content (AvgIpc) is 2.48. The molecular weight excluding hydrogens is 162 g/mol. The SMILES string of the molecule is CCC(C)(O)C1(CN)CCCC1C. The van der Waals surface area contributed by atoms with E-state index in [1.165, 1.54) is 12.8 Å². The molecular formula is C11H23NO. The molecule has 0 bridgehead atoms. The molecule has 0 aliphatic heterocycles.